The first kappa shape index (κ1) is 12.5. The van der Waals surface area contributed by atoms with E-state index in [1.165, 1.54) is 25.1 Å². The average molecular weight is 288 g/mol. The summed E-state index contributed by atoms with van der Waals surface area (Å²) in [4.78, 5) is 20.6. The summed E-state index contributed by atoms with van der Waals surface area (Å²) < 4.78 is 13.2. The SMILES string of the molecule is CC(=O)/C=C/c1cc(Br)c(F)cc1[N+](=O)[O-]. The molecule has 0 aromatic heterocycles. The number of halogens is 2. The topological polar surface area (TPSA) is 60.2 Å². The Morgan fingerprint density at radius 3 is 2.69 bits per heavy atom. The molecule has 0 spiro atoms. The van der Waals surface area contributed by atoms with Crippen molar-refractivity contribution in [2.75, 3.05) is 0 Å². The van der Waals surface area contributed by atoms with E-state index in [-0.39, 0.29) is 21.5 Å². The van der Waals surface area contributed by atoms with Gasteiger partial charge in [0.2, 0.25) is 0 Å². The number of nitrogens with zero attached hydrogens (tertiary/aromatic N) is 1. The Labute approximate surface area is 99.0 Å². The maximum Gasteiger partial charge on any atom is 0.279 e. The van der Waals surface area contributed by atoms with E-state index < -0.39 is 10.7 Å². The van der Waals surface area contributed by atoms with E-state index in [4.69, 9.17) is 0 Å². The summed E-state index contributed by atoms with van der Waals surface area (Å²) in [5, 5.41) is 10.6. The van der Waals surface area contributed by atoms with Crippen molar-refractivity contribution >= 4 is 33.5 Å². The first-order valence-electron chi connectivity index (χ1n) is 4.24. The van der Waals surface area contributed by atoms with Crippen LogP contribution in [0.25, 0.3) is 6.08 Å². The zero-order valence-corrected chi connectivity index (χ0v) is 9.82. The number of carbonyl (C=O) groups excluding carboxylic acids is 1. The molecule has 0 heterocycles. The Hall–Kier alpha value is -1.56. The maximum absolute atomic E-state index is 13.1. The van der Waals surface area contributed by atoms with Gasteiger partial charge in [0.1, 0.15) is 5.82 Å². The minimum atomic E-state index is -0.716. The molecule has 0 saturated carbocycles. The summed E-state index contributed by atoms with van der Waals surface area (Å²) in [6.45, 7) is 1.32. The molecule has 1 rings (SSSR count). The van der Waals surface area contributed by atoms with Crippen LogP contribution < -0.4 is 0 Å². The molecule has 16 heavy (non-hydrogen) atoms. The third-order valence-corrected chi connectivity index (χ3v) is 2.37. The zero-order valence-electron chi connectivity index (χ0n) is 8.24. The van der Waals surface area contributed by atoms with Gasteiger partial charge in [0.05, 0.1) is 21.0 Å². The summed E-state index contributed by atoms with van der Waals surface area (Å²) >= 11 is 2.92. The van der Waals surface area contributed by atoms with Crippen LogP contribution in [-0.4, -0.2) is 10.7 Å². The fraction of sp³-hybridized carbons (Fsp3) is 0.100. The molecule has 6 heteroatoms. The highest BCUT2D eigenvalue weighted by atomic mass is 79.9. The van der Waals surface area contributed by atoms with Crippen LogP contribution >= 0.6 is 15.9 Å². The van der Waals surface area contributed by atoms with Gasteiger partial charge in [-0.1, -0.05) is 0 Å². The van der Waals surface area contributed by atoms with E-state index in [0.717, 1.165) is 6.07 Å². The Balaban J connectivity index is 3.30. The first-order valence-corrected chi connectivity index (χ1v) is 5.03. The normalized spacial score (nSPS) is 10.7. The van der Waals surface area contributed by atoms with Gasteiger partial charge >= 0.3 is 0 Å². The van der Waals surface area contributed by atoms with Gasteiger partial charge in [-0.2, -0.15) is 0 Å². The van der Waals surface area contributed by atoms with Gasteiger partial charge in [0, 0.05) is 0 Å². The Morgan fingerprint density at radius 2 is 2.19 bits per heavy atom. The number of nitro groups is 1. The molecule has 0 aliphatic heterocycles. The van der Waals surface area contributed by atoms with Crippen molar-refractivity contribution in [1.82, 2.24) is 0 Å². The monoisotopic (exact) mass is 287 g/mol. The quantitative estimate of drug-likeness (QED) is 0.488. The van der Waals surface area contributed by atoms with Crippen LogP contribution in [0.15, 0.2) is 22.7 Å². The molecule has 84 valence electrons. The summed E-state index contributed by atoms with van der Waals surface area (Å²) in [5.41, 5.74) is -0.202. The molecule has 0 fully saturated rings. The van der Waals surface area contributed by atoms with Crippen molar-refractivity contribution in [2.45, 2.75) is 6.92 Å². The van der Waals surface area contributed by atoms with E-state index in [1.807, 2.05) is 0 Å². The van der Waals surface area contributed by atoms with Crippen LogP contribution in [0.2, 0.25) is 0 Å². The molecule has 4 nitrogen and oxygen atoms in total. The van der Waals surface area contributed by atoms with E-state index in [9.17, 15) is 19.3 Å². The van der Waals surface area contributed by atoms with Crippen molar-refractivity contribution in [3.63, 3.8) is 0 Å². The standard InChI is InChI=1S/C10H7BrFNO3/c1-6(14)2-3-7-4-8(11)9(12)5-10(7)13(15)16/h2-5H,1H3/b3-2+. The Morgan fingerprint density at radius 1 is 1.56 bits per heavy atom. The van der Waals surface area contributed by atoms with Crippen LogP contribution in [0, 0.1) is 15.9 Å². The lowest BCUT2D eigenvalue weighted by Gasteiger charge is -1.99. The second-order valence-corrected chi connectivity index (χ2v) is 3.88. The Bertz CT molecular complexity index is 485. The van der Waals surface area contributed by atoms with Gasteiger partial charge in [0.25, 0.3) is 5.69 Å². The van der Waals surface area contributed by atoms with Crippen LogP contribution in [0.1, 0.15) is 12.5 Å². The van der Waals surface area contributed by atoms with Crippen LogP contribution in [0.4, 0.5) is 10.1 Å². The van der Waals surface area contributed by atoms with Crippen LogP contribution in [0.5, 0.6) is 0 Å². The van der Waals surface area contributed by atoms with Gasteiger partial charge in [-0.3, -0.25) is 14.9 Å². The molecule has 0 N–H and O–H groups in total. The largest absolute Gasteiger partial charge is 0.295 e. The van der Waals surface area contributed by atoms with Crippen LogP contribution in [0.3, 0.4) is 0 Å². The van der Waals surface area contributed by atoms with Crippen molar-refractivity contribution in [1.29, 1.82) is 0 Å². The summed E-state index contributed by atoms with van der Waals surface area (Å²) in [7, 11) is 0. The highest BCUT2D eigenvalue weighted by Crippen LogP contribution is 2.27. The average Bonchev–Trinajstić information content (AvgIpc) is 2.18. The van der Waals surface area contributed by atoms with Gasteiger partial charge < -0.3 is 0 Å². The molecule has 0 unspecified atom stereocenters. The second kappa shape index (κ2) is 4.98. The van der Waals surface area contributed by atoms with Gasteiger partial charge in [-0.25, -0.2) is 4.39 Å². The molecule has 0 saturated heterocycles. The smallest absolute Gasteiger partial charge is 0.279 e. The molecular weight excluding hydrogens is 281 g/mol. The lowest BCUT2D eigenvalue weighted by molar-refractivity contribution is -0.385. The number of nitro benzene ring substituents is 1. The summed E-state index contributed by atoms with van der Waals surface area (Å²) in [6, 6.07) is 2.07. The zero-order chi connectivity index (χ0) is 12.3. The number of carbonyl (C=O) groups is 1. The number of rotatable bonds is 3. The van der Waals surface area contributed by atoms with Crippen LogP contribution in [-0.2, 0) is 4.79 Å². The summed E-state index contributed by atoms with van der Waals surface area (Å²) in [5.74, 6) is -0.957. The minimum Gasteiger partial charge on any atom is -0.295 e. The van der Waals surface area contributed by atoms with E-state index in [1.54, 1.807) is 0 Å². The fourth-order valence-corrected chi connectivity index (χ4v) is 1.41. The lowest BCUT2D eigenvalue weighted by atomic mass is 10.1. The molecule has 0 amide bonds. The van der Waals surface area contributed by atoms with E-state index in [2.05, 4.69) is 15.9 Å². The number of ketones is 1. The fourth-order valence-electron chi connectivity index (χ4n) is 1.05. The van der Waals surface area contributed by atoms with Crippen molar-refractivity contribution < 1.29 is 14.1 Å². The predicted molar refractivity (Wildman–Crippen MR) is 60.5 cm³/mol. The van der Waals surface area contributed by atoms with E-state index in [0.29, 0.717) is 0 Å². The molecule has 0 atom stereocenters. The molecule has 0 aliphatic rings. The summed E-state index contributed by atoms with van der Waals surface area (Å²) in [6.07, 6.45) is 2.47. The van der Waals surface area contributed by atoms with Crippen molar-refractivity contribution in [3.8, 4) is 0 Å². The molecule has 0 radical (unpaired) electrons. The second-order valence-electron chi connectivity index (χ2n) is 3.03. The van der Waals surface area contributed by atoms with Crippen molar-refractivity contribution in [2.24, 2.45) is 0 Å². The molecule has 0 aliphatic carbocycles. The first-order chi connectivity index (χ1) is 7.41. The number of hydrogen-bond donors (Lipinski definition) is 0. The highest BCUT2D eigenvalue weighted by molar-refractivity contribution is 9.10. The van der Waals surface area contributed by atoms with Gasteiger partial charge in [-0.05, 0) is 41.1 Å². The van der Waals surface area contributed by atoms with E-state index >= 15 is 0 Å². The minimum absolute atomic E-state index is 0.112. The van der Waals surface area contributed by atoms with Crippen molar-refractivity contribution in [3.05, 3.63) is 44.2 Å². The number of allylic oxidation sites excluding steroid dienone is 1. The number of benzene rings is 1. The van der Waals surface area contributed by atoms with Gasteiger partial charge in [0.15, 0.2) is 5.78 Å². The molecule has 0 bridgehead atoms. The predicted octanol–water partition coefficient (Wildman–Crippen LogP) is 3.10. The third-order valence-electron chi connectivity index (χ3n) is 1.76. The van der Waals surface area contributed by atoms with Gasteiger partial charge in [-0.15, -0.1) is 0 Å². The number of hydrogen-bond acceptors (Lipinski definition) is 3. The highest BCUT2D eigenvalue weighted by Gasteiger charge is 2.15. The molecule has 1 aromatic carbocycles. The maximum atomic E-state index is 13.1. The Kier molecular flexibility index (Phi) is 3.89. The molecular formula is C10H7BrFNO3. The molecule has 1 aromatic rings. The third kappa shape index (κ3) is 2.96. The lowest BCUT2D eigenvalue weighted by Crippen LogP contribution is -1.94.